The largest absolute Gasteiger partial charge is 0.414 e. The molecule has 2 unspecified atom stereocenters. The van der Waals surface area contributed by atoms with E-state index in [1.807, 2.05) is 32.3 Å². The van der Waals surface area contributed by atoms with Crippen LogP contribution in [0.4, 0.5) is 29.2 Å². The number of hydrogen-bond acceptors (Lipinski definition) is 28. The van der Waals surface area contributed by atoms with E-state index >= 15 is 17.6 Å². The molecule has 10 aromatic rings. The molecule has 5 N–H and O–H groups in total. The Morgan fingerprint density at radius 1 is 0.507 bits per heavy atom. The predicted molar refractivity (Wildman–Crippen MR) is 518 cm³/mol. The number of carbonyl (C=O) groups excluding carboxylic acids is 2. The number of amides is 2. The van der Waals surface area contributed by atoms with Crippen LogP contribution in [0.3, 0.4) is 0 Å². The standard InChI is InChI=1S/C44H58F2N9O8PSi2.C44H59F2N9O6Si2.C2H6OP.CH4O.H2O/c1-43(2,3)65(7,8)59-22-30-35(62-64-58)31(45)41(61-30)54-25-51-33-28(47-23-48-37(33)54)19-15-12-16-20-53(40(57)27-17-13-11-14-18-27)38-34-39(50-24-49-38)55(26-52-34)42-32(46)36(29(21-56)60-42)63-66(9,10)44(4,5)6;1-27-36(61-63(10,11)44(5,6)7)32(46)42(59-27)55-26-52-34-38(49-24-50-39(34)55)53(40(57)28-18-14-12-15-19-28)21-17-13-16-20-29-33-37(48-23-47-29)54(25-51-33)41-31(45)35(56)30(60-41)22-58-62(8,9)43(2,3)4;1-4(2)3;1-2;/h11,13-14,17-18,23-26,29-32,35-36,41-42,56H,15,19-22H2,1-10H3;12,14-15,18-19,23-27,30-32,35-36,41-42,56H,16,20-22H2,1-11H3;1-2H3;2H,1H3;1H2/q;;+1;;/t29-,30-,31-,32-,35?,36-,41-,42-;27-,30-,31-,32-,35?,36-,41-,42-;;;/m11.../s1/i;1D;;2T;. The third-order valence-electron chi connectivity index (χ3n) is 26.1. The van der Waals surface area contributed by atoms with Crippen LogP contribution in [0.15, 0.2) is 111 Å². The summed E-state index contributed by atoms with van der Waals surface area (Å²) in [5, 5.41) is 24.0. The monoisotopic (exact) mass is 2000 g/mol. The first kappa shape index (κ1) is 106. The predicted octanol–water partition coefficient (Wildman–Crippen LogP) is 15.1. The first-order valence-corrected chi connectivity index (χ1v) is 59.1. The van der Waals surface area contributed by atoms with Crippen molar-refractivity contribution in [2.24, 2.45) is 0 Å². The van der Waals surface area contributed by atoms with E-state index < -0.39 is 161 Å². The number of aromatic nitrogens is 16. The van der Waals surface area contributed by atoms with Crippen LogP contribution in [0.1, 0.15) is 161 Å². The summed E-state index contributed by atoms with van der Waals surface area (Å²) in [5.41, 5.74) is 4.40. The van der Waals surface area contributed by atoms with Crippen LogP contribution >= 0.6 is 16.5 Å². The number of hydrogen-bond donors (Lipinski definition) is 3. The maximum atomic E-state index is 16.4. The molecule has 0 radical (unpaired) electrons. The highest BCUT2D eigenvalue weighted by Gasteiger charge is 2.55. The number of aliphatic hydroxyl groups is 3. The second kappa shape index (κ2) is 45.1. The molecular formula is C91H129F4N18O17P2Si4+. The van der Waals surface area contributed by atoms with Gasteiger partial charge in [0.05, 0.1) is 75.7 Å². The molecule has 35 nitrogen and oxygen atoms in total. The van der Waals surface area contributed by atoms with Crippen molar-refractivity contribution in [3.05, 3.63) is 134 Å². The summed E-state index contributed by atoms with van der Waals surface area (Å²) in [7, 11) is -9.55. The lowest BCUT2D eigenvalue weighted by atomic mass is 10.1. The lowest BCUT2D eigenvalue weighted by Gasteiger charge is -2.39. The molecular weight excluding hydrogens is 1870 g/mol. The number of anilines is 2. The highest BCUT2D eigenvalue weighted by molar-refractivity contribution is 7.42. The lowest BCUT2D eigenvalue weighted by molar-refractivity contribution is -0.0445. The lowest BCUT2D eigenvalue weighted by Crippen LogP contribution is -2.49. The molecule has 45 heteroatoms. The molecule has 8 aromatic heterocycles. The highest BCUT2D eigenvalue weighted by atomic mass is 31.1. The third-order valence-corrected chi connectivity index (χ3v) is 44.4. The molecule has 14 rings (SSSR count). The molecule has 16 atom stereocenters. The van der Waals surface area contributed by atoms with Crippen molar-refractivity contribution in [1.82, 2.24) is 78.1 Å². The van der Waals surface area contributed by atoms with Gasteiger partial charge in [-0.15, -0.1) is 11.8 Å². The van der Waals surface area contributed by atoms with Crippen LogP contribution in [0.2, 0.25) is 72.5 Å². The molecule has 0 saturated carbocycles. The van der Waals surface area contributed by atoms with Crippen LogP contribution in [0.5, 0.6) is 0 Å². The minimum absolute atomic E-state index is 0. The number of aliphatic hydroxyl groups excluding tert-OH is 3. The van der Waals surface area contributed by atoms with Crippen LogP contribution < -0.4 is 9.80 Å². The number of imidazole rings is 4. The van der Waals surface area contributed by atoms with E-state index in [1.165, 1.54) is 85.8 Å². The molecule has 0 spiro atoms. The minimum Gasteiger partial charge on any atom is -0.414 e. The number of ether oxygens (including phenoxy) is 4. The molecule has 0 bridgehead atoms. The van der Waals surface area contributed by atoms with E-state index in [2.05, 4.69) is 198 Å². The summed E-state index contributed by atoms with van der Waals surface area (Å²) in [6, 6.07) is 17.4. The quantitative estimate of drug-likeness (QED) is 0.0186. The SMILES string of the molecule is CC(C)(C)[Si](C)(C)OC[C@H]1O[C@@H](n2cnc3c(CCC#CCN(C(=O)c4ccccc4)c4ncnc5c4ncn5[C@@H]4O[C@H](CO)[C@@H](O[Si](C)(C)C(C)(C)C)[C@H]4F)ncnc32)[C@H](F)C1OP=O.C[P+](C)=O.O.[2H]C[C@H]1O[C@@H](n2cnc3c(N(CC#CCCc4ncnc5c4ncn5[C@@H]4O[C@H](CO[Si](C)(C)C(C)(C)C)C(O)[C@H]4F)C(=O)c4ccccc4)ncnc32)[C@H](F)[C@@H]1O[Si](C)(C)C(C)(C)C.[3H]OC. The van der Waals surface area contributed by atoms with E-state index in [1.54, 1.807) is 67.9 Å². The van der Waals surface area contributed by atoms with Crippen molar-refractivity contribution >= 4 is 118 Å². The second-order valence-electron chi connectivity index (χ2n) is 39.5. The summed E-state index contributed by atoms with van der Waals surface area (Å²) in [5.74, 6) is 12.0. The topological polar surface area (TPSA) is 424 Å². The Morgan fingerprint density at radius 2 is 0.846 bits per heavy atom. The van der Waals surface area contributed by atoms with Gasteiger partial charge < -0.3 is 57.4 Å². The fourth-order valence-corrected chi connectivity index (χ4v) is 19.4. The number of carbonyl (C=O) groups is 2. The maximum Gasteiger partial charge on any atom is 0.332 e. The Kier molecular flexibility index (Phi) is 35.1. The van der Waals surface area contributed by atoms with E-state index in [9.17, 15) is 28.9 Å². The second-order valence-corrected chi connectivity index (χ2v) is 60.7. The Hall–Kier alpha value is -9.03. The zero-order valence-electron chi connectivity index (χ0n) is 83.3. The van der Waals surface area contributed by atoms with Gasteiger partial charge >= 0.3 is 16.5 Å². The molecule has 4 fully saturated rings. The third kappa shape index (κ3) is 24.2. The van der Waals surface area contributed by atoms with Crippen LogP contribution in [0.25, 0.3) is 44.7 Å². The van der Waals surface area contributed by atoms with Crippen LogP contribution in [-0.4, -0.2) is 272 Å². The van der Waals surface area contributed by atoms with Gasteiger partial charge in [-0.25, -0.2) is 81.9 Å². The fourth-order valence-electron chi connectivity index (χ4n) is 14.4. The van der Waals surface area contributed by atoms with Crippen LogP contribution in [-0.2, 0) is 63.1 Å². The number of fused-ring (bicyclic) bond motifs is 4. The fraction of sp³-hybridized carbons (Fsp3) is 0.582. The van der Waals surface area contributed by atoms with Gasteiger partial charge in [-0.1, -0.05) is 136 Å². The summed E-state index contributed by atoms with van der Waals surface area (Å²) < 4.78 is 161. The molecule has 2 aromatic carbocycles. The zero-order chi connectivity index (χ0) is 100. The Labute approximate surface area is 799 Å². The number of halogens is 4. The molecule has 4 aliphatic rings. The Morgan fingerprint density at radius 3 is 1.24 bits per heavy atom. The van der Waals surface area contributed by atoms with Crippen molar-refractivity contribution in [3.8, 4) is 23.7 Å². The number of aryl methyl sites for hydroxylation is 2. The van der Waals surface area contributed by atoms with Crippen molar-refractivity contribution in [1.29, 1.82) is 1.43 Å². The summed E-state index contributed by atoms with van der Waals surface area (Å²) in [6.45, 7) is 44.1. The Balaban J connectivity index is 0.000000265. The number of rotatable bonds is 27. The van der Waals surface area contributed by atoms with E-state index in [4.69, 9.17) is 44.0 Å². The van der Waals surface area contributed by atoms with Crippen molar-refractivity contribution in [3.63, 3.8) is 0 Å². The Bertz CT molecular complexity index is 5940. The van der Waals surface area contributed by atoms with Crippen LogP contribution in [0, 0.1) is 23.7 Å². The van der Waals surface area contributed by atoms with E-state index in [0.717, 1.165) is 0 Å². The highest BCUT2D eigenvalue weighted by Crippen LogP contribution is 2.48. The summed E-state index contributed by atoms with van der Waals surface area (Å²) >= 11 is 0. The number of nitrogens with zero attached hydrogens (tertiary/aromatic N) is 18. The minimum atomic E-state index is -2.46. The smallest absolute Gasteiger partial charge is 0.332 e. The van der Waals surface area contributed by atoms with E-state index in [-0.39, 0.29) is 98.7 Å². The molecule has 2 amide bonds. The number of benzene rings is 2. The summed E-state index contributed by atoms with van der Waals surface area (Å²) in [6.07, 6.45) is -7.12. The zero-order valence-corrected chi connectivity index (χ0v) is 87.1. The molecule has 136 heavy (non-hydrogen) atoms. The van der Waals surface area contributed by atoms with Gasteiger partial charge in [0.2, 0.25) is 1.43 Å². The van der Waals surface area contributed by atoms with Gasteiger partial charge in [0, 0.05) is 45.3 Å². The molecule has 738 valence electrons. The first-order chi connectivity index (χ1) is 64.5. The van der Waals surface area contributed by atoms with Crippen molar-refractivity contribution in [2.45, 2.75) is 287 Å². The maximum absolute atomic E-state index is 16.4. The average Bonchev–Trinajstić information content (AvgIpc) is 1.59. The van der Waals surface area contributed by atoms with Gasteiger partial charge in [-0.05, 0) is 104 Å². The van der Waals surface area contributed by atoms with Gasteiger partial charge in [-0.3, -0.25) is 42.2 Å². The van der Waals surface area contributed by atoms with Gasteiger partial charge in [0.15, 0.2) is 128 Å². The molecule has 4 saturated heterocycles. The van der Waals surface area contributed by atoms with Gasteiger partial charge in [-0.2, -0.15) is 0 Å². The average molecular weight is 2000 g/mol. The van der Waals surface area contributed by atoms with E-state index in [0.29, 0.717) is 70.5 Å². The van der Waals surface area contributed by atoms with Crippen molar-refractivity contribution < 1.29 is 99.6 Å². The van der Waals surface area contributed by atoms with Gasteiger partial charge in [0.25, 0.3) is 11.8 Å². The van der Waals surface area contributed by atoms with Crippen molar-refractivity contribution in [2.75, 3.05) is 63.1 Å². The summed E-state index contributed by atoms with van der Waals surface area (Å²) in [4.78, 5) is 84.7. The normalized spacial score (nSPS) is 23.4. The number of alkyl halides is 4. The first-order valence-electron chi connectivity index (χ1n) is 45.7. The molecule has 0 aliphatic carbocycles. The van der Waals surface area contributed by atoms with Gasteiger partial charge in [0.1, 0.15) is 92.4 Å². The molecule has 12 heterocycles. The molecule has 4 aliphatic heterocycles.